The van der Waals surface area contributed by atoms with E-state index in [0.29, 0.717) is 17.4 Å². The van der Waals surface area contributed by atoms with Crippen molar-refractivity contribution < 1.29 is 9.18 Å². The quantitative estimate of drug-likeness (QED) is 0.434. The zero-order valence-corrected chi connectivity index (χ0v) is 17.9. The summed E-state index contributed by atoms with van der Waals surface area (Å²) in [6.07, 6.45) is 8.80. The van der Waals surface area contributed by atoms with E-state index in [0.717, 1.165) is 29.2 Å². The normalized spacial score (nSPS) is 11.3. The molecule has 0 spiro atoms. The summed E-state index contributed by atoms with van der Waals surface area (Å²) >= 11 is 1.35. The molecule has 0 aliphatic heterocycles. The SMILES string of the molecule is CCn1cnc(C=Cc2csc(NC(=O)c3cccn3Cc3ccnc(F)c3)n2)c1C. The molecule has 0 fully saturated rings. The Kier molecular flexibility index (Phi) is 6.03. The van der Waals surface area contributed by atoms with Crippen molar-refractivity contribution in [2.45, 2.75) is 26.9 Å². The van der Waals surface area contributed by atoms with Crippen molar-refractivity contribution in [1.82, 2.24) is 24.1 Å². The van der Waals surface area contributed by atoms with Gasteiger partial charge >= 0.3 is 0 Å². The van der Waals surface area contributed by atoms with Crippen molar-refractivity contribution in [2.24, 2.45) is 0 Å². The number of nitrogens with zero attached hydrogens (tertiary/aromatic N) is 5. The van der Waals surface area contributed by atoms with Crippen LogP contribution in [0.1, 0.15) is 40.1 Å². The van der Waals surface area contributed by atoms with Gasteiger partial charge in [-0.25, -0.2) is 15.0 Å². The zero-order chi connectivity index (χ0) is 21.8. The maximum Gasteiger partial charge on any atom is 0.274 e. The maximum absolute atomic E-state index is 13.3. The molecular formula is C22H21FN6OS. The Morgan fingerprint density at radius 2 is 2.13 bits per heavy atom. The molecule has 0 aliphatic carbocycles. The number of imidazole rings is 1. The van der Waals surface area contributed by atoms with Crippen LogP contribution in [0.25, 0.3) is 12.2 Å². The van der Waals surface area contributed by atoms with Gasteiger partial charge in [0.1, 0.15) is 5.69 Å². The molecule has 4 heterocycles. The van der Waals surface area contributed by atoms with Gasteiger partial charge in [-0.3, -0.25) is 10.1 Å². The van der Waals surface area contributed by atoms with Crippen LogP contribution in [0.5, 0.6) is 0 Å². The monoisotopic (exact) mass is 436 g/mol. The minimum absolute atomic E-state index is 0.276. The van der Waals surface area contributed by atoms with Gasteiger partial charge in [-0.05, 0) is 55.8 Å². The second-order valence-corrected chi connectivity index (χ2v) is 7.73. The molecule has 158 valence electrons. The van der Waals surface area contributed by atoms with E-state index in [4.69, 9.17) is 0 Å². The highest BCUT2D eigenvalue weighted by Crippen LogP contribution is 2.19. The molecule has 0 atom stereocenters. The lowest BCUT2D eigenvalue weighted by atomic mass is 10.2. The van der Waals surface area contributed by atoms with Crippen molar-refractivity contribution >= 4 is 34.5 Å². The molecule has 4 rings (SSSR count). The number of thiazole rings is 1. The summed E-state index contributed by atoms with van der Waals surface area (Å²) in [6, 6.07) is 6.57. The summed E-state index contributed by atoms with van der Waals surface area (Å²) in [6.45, 7) is 5.34. The number of aromatic nitrogens is 5. The Hall–Kier alpha value is -3.59. The number of halogens is 1. The largest absolute Gasteiger partial charge is 0.339 e. The fraction of sp³-hybridized carbons (Fsp3) is 0.182. The van der Waals surface area contributed by atoms with Crippen molar-refractivity contribution in [2.75, 3.05) is 5.32 Å². The molecule has 0 saturated heterocycles. The second kappa shape index (κ2) is 9.05. The number of hydrogen-bond donors (Lipinski definition) is 1. The molecule has 0 unspecified atom stereocenters. The Morgan fingerprint density at radius 3 is 2.90 bits per heavy atom. The van der Waals surface area contributed by atoms with Gasteiger partial charge in [-0.2, -0.15) is 4.39 Å². The Bertz CT molecular complexity index is 1240. The fourth-order valence-corrected chi connectivity index (χ4v) is 3.86. The molecule has 7 nitrogen and oxygen atoms in total. The molecular weight excluding hydrogens is 415 g/mol. The zero-order valence-electron chi connectivity index (χ0n) is 17.1. The van der Waals surface area contributed by atoms with Crippen molar-refractivity contribution in [3.8, 4) is 0 Å². The third-order valence-corrected chi connectivity index (χ3v) is 5.61. The number of amides is 1. The summed E-state index contributed by atoms with van der Waals surface area (Å²) < 4.78 is 17.2. The van der Waals surface area contributed by atoms with Crippen LogP contribution in [0.3, 0.4) is 0 Å². The number of rotatable bonds is 7. The van der Waals surface area contributed by atoms with E-state index in [1.165, 1.54) is 23.6 Å². The van der Waals surface area contributed by atoms with Gasteiger partial charge in [0.15, 0.2) is 5.13 Å². The summed E-state index contributed by atoms with van der Waals surface area (Å²) in [7, 11) is 0. The first-order chi connectivity index (χ1) is 15.0. The summed E-state index contributed by atoms with van der Waals surface area (Å²) in [5.41, 5.74) is 3.92. The van der Waals surface area contributed by atoms with Gasteiger partial charge in [-0.1, -0.05) is 0 Å². The van der Waals surface area contributed by atoms with Crippen LogP contribution in [-0.4, -0.2) is 30.0 Å². The summed E-state index contributed by atoms with van der Waals surface area (Å²) in [5.74, 6) is -0.822. The molecule has 31 heavy (non-hydrogen) atoms. The van der Waals surface area contributed by atoms with Gasteiger partial charge in [0.05, 0.1) is 17.7 Å². The summed E-state index contributed by atoms with van der Waals surface area (Å²) in [5, 5.41) is 5.21. The average Bonchev–Trinajstić information content (AvgIpc) is 3.47. The molecule has 0 radical (unpaired) electrons. The lowest BCUT2D eigenvalue weighted by molar-refractivity contribution is 0.101. The number of carbonyl (C=O) groups excluding carboxylic acids is 1. The number of carbonyl (C=O) groups is 1. The van der Waals surface area contributed by atoms with Gasteiger partial charge in [0.25, 0.3) is 5.91 Å². The molecule has 4 aromatic heterocycles. The van der Waals surface area contributed by atoms with Crippen LogP contribution in [-0.2, 0) is 13.1 Å². The predicted molar refractivity (Wildman–Crippen MR) is 119 cm³/mol. The van der Waals surface area contributed by atoms with Gasteiger partial charge < -0.3 is 9.13 Å². The highest BCUT2D eigenvalue weighted by molar-refractivity contribution is 7.14. The lowest BCUT2D eigenvalue weighted by Crippen LogP contribution is -2.17. The first kappa shape index (κ1) is 20.7. The highest BCUT2D eigenvalue weighted by atomic mass is 32.1. The van der Waals surface area contributed by atoms with Crippen LogP contribution in [0.4, 0.5) is 9.52 Å². The number of pyridine rings is 1. The van der Waals surface area contributed by atoms with Crippen LogP contribution >= 0.6 is 11.3 Å². The van der Waals surface area contributed by atoms with Gasteiger partial charge in [-0.15, -0.1) is 11.3 Å². The van der Waals surface area contributed by atoms with Crippen LogP contribution in [0.2, 0.25) is 0 Å². The predicted octanol–water partition coefficient (Wildman–Crippen LogP) is 4.47. The molecule has 1 N–H and O–H groups in total. The van der Waals surface area contributed by atoms with E-state index < -0.39 is 5.95 Å². The Balaban J connectivity index is 1.43. The molecule has 1 amide bonds. The standard InChI is InChI=1S/C22H21FN6OS/c1-3-28-14-25-18(15(28)2)7-6-17-13-31-22(26-17)27-21(30)19-5-4-10-29(19)12-16-8-9-24-20(23)11-16/h4-11,13-14H,3,12H2,1-2H3,(H,26,27,30). The fourth-order valence-electron chi connectivity index (χ4n) is 3.18. The van der Waals surface area contributed by atoms with Crippen molar-refractivity contribution in [3.63, 3.8) is 0 Å². The van der Waals surface area contributed by atoms with E-state index >= 15 is 0 Å². The van der Waals surface area contributed by atoms with Gasteiger partial charge in [0.2, 0.25) is 5.95 Å². The smallest absolute Gasteiger partial charge is 0.274 e. The molecule has 0 aromatic carbocycles. The van der Waals surface area contributed by atoms with E-state index in [1.54, 1.807) is 29.0 Å². The number of aryl methyl sites for hydroxylation is 1. The second-order valence-electron chi connectivity index (χ2n) is 6.87. The Morgan fingerprint density at radius 1 is 1.26 bits per heavy atom. The first-order valence-corrected chi connectivity index (χ1v) is 10.6. The molecule has 0 aliphatic rings. The third-order valence-electron chi connectivity index (χ3n) is 4.84. The van der Waals surface area contributed by atoms with E-state index in [-0.39, 0.29) is 5.91 Å². The van der Waals surface area contributed by atoms with E-state index in [1.807, 2.05) is 30.8 Å². The van der Waals surface area contributed by atoms with E-state index in [9.17, 15) is 9.18 Å². The third kappa shape index (κ3) is 4.77. The maximum atomic E-state index is 13.3. The van der Waals surface area contributed by atoms with Crippen LogP contribution in [0, 0.1) is 12.9 Å². The van der Waals surface area contributed by atoms with Crippen LogP contribution in [0.15, 0.2) is 48.4 Å². The number of anilines is 1. The first-order valence-electron chi connectivity index (χ1n) is 9.75. The molecule has 0 bridgehead atoms. The molecule has 4 aromatic rings. The molecule has 0 saturated carbocycles. The lowest BCUT2D eigenvalue weighted by Gasteiger charge is -2.09. The average molecular weight is 437 g/mol. The highest BCUT2D eigenvalue weighted by Gasteiger charge is 2.13. The van der Waals surface area contributed by atoms with Crippen molar-refractivity contribution in [1.29, 1.82) is 0 Å². The van der Waals surface area contributed by atoms with Crippen molar-refractivity contribution in [3.05, 3.63) is 82.7 Å². The Labute approximate surface area is 182 Å². The van der Waals surface area contributed by atoms with Gasteiger partial charge in [0, 0.05) is 36.6 Å². The topological polar surface area (TPSA) is 77.6 Å². The minimum atomic E-state index is -0.546. The number of hydrogen-bond acceptors (Lipinski definition) is 5. The van der Waals surface area contributed by atoms with E-state index in [2.05, 4.69) is 31.8 Å². The minimum Gasteiger partial charge on any atom is -0.339 e. The summed E-state index contributed by atoms with van der Waals surface area (Å²) in [4.78, 5) is 25.1. The molecule has 9 heteroatoms. The number of nitrogens with one attached hydrogen (secondary N) is 1. The van der Waals surface area contributed by atoms with Crippen LogP contribution < -0.4 is 5.32 Å².